The average Bonchev–Trinajstić information content (AvgIpc) is 2.64. The Morgan fingerprint density at radius 3 is 2.28 bits per heavy atom. The van der Waals surface area contributed by atoms with E-state index in [1.807, 2.05) is 37.3 Å². The number of aryl methyl sites for hydroxylation is 1. The van der Waals surface area contributed by atoms with Gasteiger partial charge in [-0.05, 0) is 31.2 Å². The number of rotatable bonds is 5. The number of nitrogens with zero attached hydrogens (tertiary/aromatic N) is 1. The van der Waals surface area contributed by atoms with E-state index in [4.69, 9.17) is 9.47 Å². The van der Waals surface area contributed by atoms with E-state index in [0.717, 1.165) is 16.6 Å². The van der Waals surface area contributed by atoms with Crippen molar-refractivity contribution in [3.63, 3.8) is 0 Å². The van der Waals surface area contributed by atoms with Gasteiger partial charge in [-0.3, -0.25) is 4.98 Å². The Morgan fingerprint density at radius 1 is 0.880 bits per heavy atom. The van der Waals surface area contributed by atoms with Crippen molar-refractivity contribution in [1.82, 2.24) is 4.98 Å². The number of fused-ring (bicyclic) bond motifs is 1. The summed E-state index contributed by atoms with van der Waals surface area (Å²) in [4.78, 5) is 28.5. The van der Waals surface area contributed by atoms with E-state index in [1.165, 1.54) is 0 Å². The molecule has 0 aliphatic carbocycles. The number of ether oxygens (including phenoxy) is 2. The molecule has 1 aromatic heterocycles. The van der Waals surface area contributed by atoms with E-state index in [0.29, 0.717) is 11.1 Å². The number of benzene rings is 2. The van der Waals surface area contributed by atoms with Crippen LogP contribution in [0.15, 0.2) is 60.7 Å². The van der Waals surface area contributed by atoms with Crippen molar-refractivity contribution in [2.45, 2.75) is 6.92 Å². The van der Waals surface area contributed by atoms with Crippen LogP contribution in [-0.4, -0.2) is 30.1 Å². The van der Waals surface area contributed by atoms with Gasteiger partial charge in [0.1, 0.15) is 13.2 Å². The summed E-state index contributed by atoms with van der Waals surface area (Å²) in [6.07, 6.45) is 0. The Hall–Kier alpha value is -3.21. The lowest BCUT2D eigenvalue weighted by Gasteiger charge is -2.09. The molecule has 0 saturated carbocycles. The molecule has 25 heavy (non-hydrogen) atoms. The number of hydrogen-bond acceptors (Lipinski definition) is 5. The van der Waals surface area contributed by atoms with E-state index < -0.39 is 11.9 Å². The quantitative estimate of drug-likeness (QED) is 0.527. The predicted octanol–water partition coefficient (Wildman–Crippen LogP) is 3.56. The summed E-state index contributed by atoms with van der Waals surface area (Å²) in [5.41, 5.74) is 2.40. The van der Waals surface area contributed by atoms with Crippen LogP contribution in [-0.2, 0) is 9.47 Å². The van der Waals surface area contributed by atoms with Gasteiger partial charge in [-0.25, -0.2) is 9.59 Å². The smallest absolute Gasteiger partial charge is 0.339 e. The molecule has 0 saturated heterocycles. The SMILES string of the molecule is Cc1cc(C(=O)OCCOC(=O)c2ccccc2)c2ccccc2n1. The van der Waals surface area contributed by atoms with Crippen molar-refractivity contribution in [2.75, 3.05) is 13.2 Å². The van der Waals surface area contributed by atoms with Crippen LogP contribution < -0.4 is 0 Å². The topological polar surface area (TPSA) is 65.5 Å². The third-order valence-corrected chi connectivity index (χ3v) is 3.62. The Morgan fingerprint density at radius 2 is 1.52 bits per heavy atom. The molecule has 2 aromatic carbocycles. The number of hydrogen-bond donors (Lipinski definition) is 0. The van der Waals surface area contributed by atoms with Gasteiger partial charge < -0.3 is 9.47 Å². The first kappa shape index (κ1) is 16.6. The first-order chi connectivity index (χ1) is 12.1. The highest BCUT2D eigenvalue weighted by Gasteiger charge is 2.13. The van der Waals surface area contributed by atoms with E-state index in [9.17, 15) is 9.59 Å². The van der Waals surface area contributed by atoms with E-state index in [1.54, 1.807) is 30.3 Å². The number of carbonyl (C=O) groups is 2. The van der Waals surface area contributed by atoms with Crippen LogP contribution in [0.3, 0.4) is 0 Å². The molecule has 0 atom stereocenters. The molecule has 3 aromatic rings. The van der Waals surface area contributed by atoms with Crippen molar-refractivity contribution < 1.29 is 19.1 Å². The van der Waals surface area contributed by atoms with Crippen LogP contribution in [0.1, 0.15) is 26.4 Å². The molecule has 5 heteroatoms. The van der Waals surface area contributed by atoms with Gasteiger partial charge in [-0.2, -0.15) is 0 Å². The zero-order valence-corrected chi connectivity index (χ0v) is 13.8. The second-order valence-electron chi connectivity index (χ2n) is 5.47. The van der Waals surface area contributed by atoms with Gasteiger partial charge in [0.15, 0.2) is 0 Å². The van der Waals surface area contributed by atoms with Crippen LogP contribution in [0, 0.1) is 6.92 Å². The minimum absolute atomic E-state index is 0.00145. The number of carbonyl (C=O) groups excluding carboxylic acids is 2. The van der Waals surface area contributed by atoms with Crippen molar-refractivity contribution in [1.29, 1.82) is 0 Å². The summed E-state index contributed by atoms with van der Waals surface area (Å²) in [7, 11) is 0. The molecule has 0 spiro atoms. The largest absolute Gasteiger partial charge is 0.458 e. The second-order valence-corrected chi connectivity index (χ2v) is 5.47. The maximum atomic E-state index is 12.3. The van der Waals surface area contributed by atoms with E-state index in [-0.39, 0.29) is 13.2 Å². The molecule has 0 amide bonds. The summed E-state index contributed by atoms with van der Waals surface area (Å²) in [6, 6.07) is 17.8. The molecule has 3 rings (SSSR count). The molecular weight excluding hydrogens is 318 g/mol. The summed E-state index contributed by atoms with van der Waals surface area (Å²) in [5.74, 6) is -0.903. The third kappa shape index (κ3) is 4.01. The first-order valence-corrected chi connectivity index (χ1v) is 7.91. The van der Waals surface area contributed by atoms with Crippen LogP contribution in [0.5, 0.6) is 0 Å². The average molecular weight is 335 g/mol. The minimum Gasteiger partial charge on any atom is -0.458 e. The lowest BCUT2D eigenvalue weighted by molar-refractivity contribution is 0.0267. The first-order valence-electron chi connectivity index (χ1n) is 7.91. The van der Waals surface area contributed by atoms with Gasteiger partial charge >= 0.3 is 11.9 Å². The van der Waals surface area contributed by atoms with Crippen LogP contribution >= 0.6 is 0 Å². The fourth-order valence-corrected chi connectivity index (χ4v) is 2.48. The summed E-state index contributed by atoms with van der Waals surface area (Å²) < 4.78 is 10.3. The Bertz CT molecular complexity index is 906. The van der Waals surface area contributed by atoms with Gasteiger partial charge in [0.2, 0.25) is 0 Å². The maximum absolute atomic E-state index is 12.3. The highest BCUT2D eigenvalue weighted by molar-refractivity contribution is 6.03. The molecule has 0 fully saturated rings. The monoisotopic (exact) mass is 335 g/mol. The highest BCUT2D eigenvalue weighted by Crippen LogP contribution is 2.19. The molecule has 0 aliphatic heterocycles. The Kier molecular flexibility index (Phi) is 5.04. The fraction of sp³-hybridized carbons (Fsp3) is 0.150. The van der Waals surface area contributed by atoms with Crippen molar-refractivity contribution >= 4 is 22.8 Å². The molecular formula is C20H17NO4. The number of aromatic nitrogens is 1. The standard InChI is InChI=1S/C20H17NO4/c1-14-13-17(16-9-5-6-10-18(16)21-14)20(23)25-12-11-24-19(22)15-7-3-2-4-8-15/h2-10,13H,11-12H2,1H3. The van der Waals surface area contributed by atoms with Gasteiger partial charge in [-0.15, -0.1) is 0 Å². The number of esters is 2. The number of para-hydroxylation sites is 1. The lowest BCUT2D eigenvalue weighted by atomic mass is 10.1. The highest BCUT2D eigenvalue weighted by atomic mass is 16.6. The second kappa shape index (κ2) is 7.57. The minimum atomic E-state index is -0.461. The molecule has 0 aliphatic rings. The third-order valence-electron chi connectivity index (χ3n) is 3.62. The summed E-state index contributed by atoms with van der Waals surface area (Å²) in [6.45, 7) is 1.82. The van der Waals surface area contributed by atoms with E-state index >= 15 is 0 Å². The number of pyridine rings is 1. The predicted molar refractivity (Wildman–Crippen MR) is 93.5 cm³/mol. The maximum Gasteiger partial charge on any atom is 0.339 e. The zero-order chi connectivity index (χ0) is 17.6. The summed E-state index contributed by atoms with van der Waals surface area (Å²) >= 11 is 0. The molecule has 1 heterocycles. The molecule has 5 nitrogen and oxygen atoms in total. The lowest BCUT2D eigenvalue weighted by Crippen LogP contribution is -2.14. The van der Waals surface area contributed by atoms with E-state index in [2.05, 4.69) is 4.98 Å². The van der Waals surface area contributed by atoms with Gasteiger partial charge in [0, 0.05) is 11.1 Å². The van der Waals surface area contributed by atoms with Crippen LogP contribution in [0.4, 0.5) is 0 Å². The molecule has 0 N–H and O–H groups in total. The molecule has 0 radical (unpaired) electrons. The molecule has 0 bridgehead atoms. The Labute approximate surface area is 145 Å². The zero-order valence-electron chi connectivity index (χ0n) is 13.8. The van der Waals surface area contributed by atoms with Gasteiger partial charge in [0.05, 0.1) is 16.6 Å². The van der Waals surface area contributed by atoms with Crippen molar-refractivity contribution in [3.05, 3.63) is 77.5 Å². The Balaban J connectivity index is 1.59. The van der Waals surface area contributed by atoms with Crippen molar-refractivity contribution in [3.8, 4) is 0 Å². The van der Waals surface area contributed by atoms with Gasteiger partial charge in [-0.1, -0.05) is 36.4 Å². The normalized spacial score (nSPS) is 10.4. The van der Waals surface area contributed by atoms with Gasteiger partial charge in [0.25, 0.3) is 0 Å². The summed E-state index contributed by atoms with van der Waals surface area (Å²) in [5, 5.41) is 0.736. The molecule has 0 unspecified atom stereocenters. The van der Waals surface area contributed by atoms with Crippen LogP contribution in [0.25, 0.3) is 10.9 Å². The fourth-order valence-electron chi connectivity index (χ4n) is 2.48. The van der Waals surface area contributed by atoms with Crippen LogP contribution in [0.2, 0.25) is 0 Å². The molecule has 126 valence electrons. The van der Waals surface area contributed by atoms with Crippen molar-refractivity contribution in [2.24, 2.45) is 0 Å².